The van der Waals surface area contributed by atoms with E-state index in [0.29, 0.717) is 29.4 Å². The van der Waals surface area contributed by atoms with Gasteiger partial charge in [0.05, 0.1) is 6.61 Å². The number of carbonyl (C=O) groups excluding carboxylic acids is 3. The summed E-state index contributed by atoms with van der Waals surface area (Å²) in [4.78, 5) is 35.1. The zero-order valence-corrected chi connectivity index (χ0v) is 15.6. The Hall–Kier alpha value is -3.55. The summed E-state index contributed by atoms with van der Waals surface area (Å²) >= 11 is 0. The lowest BCUT2D eigenvalue weighted by molar-refractivity contribution is -0.155. The Morgan fingerprint density at radius 2 is 1.61 bits per heavy atom. The van der Waals surface area contributed by atoms with Crippen LogP contribution in [0.15, 0.2) is 48.5 Å². The van der Waals surface area contributed by atoms with Crippen LogP contribution in [0.5, 0.6) is 11.5 Å². The van der Waals surface area contributed by atoms with Crippen molar-refractivity contribution >= 4 is 23.5 Å². The van der Waals surface area contributed by atoms with Crippen molar-refractivity contribution in [3.05, 3.63) is 54.1 Å². The SMILES string of the molecule is CCOc1ccccc1OCC(=O)O[C@H](C)C(=O)Nc1ccc(C(N)=O)cc1. The number of primary amides is 1. The summed E-state index contributed by atoms with van der Waals surface area (Å²) in [6.45, 7) is 3.38. The standard InChI is InChI=1S/C20H22N2O6/c1-3-26-16-6-4-5-7-17(16)27-12-18(23)28-13(2)20(25)22-15-10-8-14(9-11-15)19(21)24/h4-11,13H,3,12H2,1-2H3,(H2,21,24)(H,22,25)/t13-/m1/s1. The third kappa shape index (κ3) is 6.01. The van der Waals surface area contributed by atoms with Gasteiger partial charge in [0, 0.05) is 11.3 Å². The lowest BCUT2D eigenvalue weighted by atomic mass is 10.2. The number of ether oxygens (including phenoxy) is 3. The summed E-state index contributed by atoms with van der Waals surface area (Å²) in [7, 11) is 0. The molecule has 148 valence electrons. The second-order valence-electron chi connectivity index (χ2n) is 5.73. The van der Waals surface area contributed by atoms with Crippen molar-refractivity contribution in [1.29, 1.82) is 0 Å². The molecule has 0 spiro atoms. The highest BCUT2D eigenvalue weighted by molar-refractivity contribution is 5.96. The number of rotatable bonds is 9. The van der Waals surface area contributed by atoms with Gasteiger partial charge in [-0.15, -0.1) is 0 Å². The highest BCUT2D eigenvalue weighted by atomic mass is 16.6. The Labute approximate surface area is 162 Å². The fourth-order valence-electron chi connectivity index (χ4n) is 2.23. The molecule has 0 bridgehead atoms. The van der Waals surface area contributed by atoms with Crippen LogP contribution >= 0.6 is 0 Å². The van der Waals surface area contributed by atoms with Crippen molar-refractivity contribution < 1.29 is 28.6 Å². The maximum Gasteiger partial charge on any atom is 0.344 e. The van der Waals surface area contributed by atoms with Crippen LogP contribution in [0.1, 0.15) is 24.2 Å². The zero-order chi connectivity index (χ0) is 20.5. The predicted molar refractivity (Wildman–Crippen MR) is 102 cm³/mol. The minimum atomic E-state index is -1.03. The monoisotopic (exact) mass is 386 g/mol. The van der Waals surface area contributed by atoms with E-state index in [1.807, 2.05) is 6.92 Å². The Morgan fingerprint density at radius 1 is 1.00 bits per heavy atom. The highest BCUT2D eigenvalue weighted by Crippen LogP contribution is 2.26. The first-order valence-electron chi connectivity index (χ1n) is 8.65. The van der Waals surface area contributed by atoms with Crippen molar-refractivity contribution in [2.24, 2.45) is 5.73 Å². The van der Waals surface area contributed by atoms with Crippen molar-refractivity contribution in [2.75, 3.05) is 18.5 Å². The number of benzene rings is 2. The van der Waals surface area contributed by atoms with Crippen LogP contribution in [-0.4, -0.2) is 37.1 Å². The van der Waals surface area contributed by atoms with Crippen LogP contribution in [0.2, 0.25) is 0 Å². The normalized spacial score (nSPS) is 11.2. The smallest absolute Gasteiger partial charge is 0.344 e. The summed E-state index contributed by atoms with van der Waals surface area (Å²) < 4.78 is 15.9. The van der Waals surface area contributed by atoms with E-state index in [4.69, 9.17) is 19.9 Å². The molecular weight excluding hydrogens is 364 g/mol. The second kappa shape index (κ2) is 9.96. The molecule has 28 heavy (non-hydrogen) atoms. The Bertz CT molecular complexity index is 835. The van der Waals surface area contributed by atoms with E-state index < -0.39 is 23.9 Å². The van der Waals surface area contributed by atoms with Gasteiger partial charge in [-0.2, -0.15) is 0 Å². The van der Waals surface area contributed by atoms with Gasteiger partial charge in [0.1, 0.15) is 0 Å². The third-order valence-electron chi connectivity index (χ3n) is 3.61. The van der Waals surface area contributed by atoms with Crippen molar-refractivity contribution in [1.82, 2.24) is 0 Å². The van der Waals surface area contributed by atoms with E-state index in [9.17, 15) is 14.4 Å². The lowest BCUT2D eigenvalue weighted by Crippen LogP contribution is -2.31. The molecule has 2 amide bonds. The predicted octanol–water partition coefficient (Wildman–Crippen LogP) is 2.13. The van der Waals surface area contributed by atoms with Gasteiger partial charge in [0.15, 0.2) is 24.2 Å². The topological polar surface area (TPSA) is 117 Å². The summed E-state index contributed by atoms with van der Waals surface area (Å²) in [6, 6.07) is 13.0. The summed E-state index contributed by atoms with van der Waals surface area (Å²) in [6.07, 6.45) is -1.03. The second-order valence-corrected chi connectivity index (χ2v) is 5.73. The molecule has 0 saturated carbocycles. The van der Waals surface area contributed by atoms with Gasteiger partial charge in [-0.25, -0.2) is 4.79 Å². The number of para-hydroxylation sites is 2. The summed E-state index contributed by atoms with van der Waals surface area (Å²) in [5.41, 5.74) is 5.93. The molecule has 2 aromatic rings. The molecular formula is C20H22N2O6. The highest BCUT2D eigenvalue weighted by Gasteiger charge is 2.19. The van der Waals surface area contributed by atoms with E-state index in [1.54, 1.807) is 24.3 Å². The average molecular weight is 386 g/mol. The minimum Gasteiger partial charge on any atom is -0.490 e. The molecule has 8 heteroatoms. The average Bonchev–Trinajstić information content (AvgIpc) is 2.68. The van der Waals surface area contributed by atoms with E-state index in [-0.39, 0.29) is 6.61 Å². The quantitative estimate of drug-likeness (QED) is 0.638. The molecule has 0 aromatic heterocycles. The zero-order valence-electron chi connectivity index (χ0n) is 15.6. The van der Waals surface area contributed by atoms with E-state index >= 15 is 0 Å². The number of nitrogens with two attached hydrogens (primary N) is 1. The van der Waals surface area contributed by atoms with Gasteiger partial charge in [-0.1, -0.05) is 12.1 Å². The van der Waals surface area contributed by atoms with Gasteiger partial charge < -0.3 is 25.3 Å². The number of anilines is 1. The first-order valence-corrected chi connectivity index (χ1v) is 8.65. The number of hydrogen-bond acceptors (Lipinski definition) is 6. The first-order chi connectivity index (χ1) is 13.4. The molecule has 8 nitrogen and oxygen atoms in total. The van der Waals surface area contributed by atoms with Crippen molar-refractivity contribution in [3.8, 4) is 11.5 Å². The molecule has 0 aliphatic carbocycles. The molecule has 0 saturated heterocycles. The van der Waals surface area contributed by atoms with Gasteiger partial charge in [-0.05, 0) is 50.2 Å². The van der Waals surface area contributed by atoms with Gasteiger partial charge in [0.2, 0.25) is 5.91 Å². The lowest BCUT2D eigenvalue weighted by Gasteiger charge is -2.15. The number of carbonyl (C=O) groups is 3. The Balaban J connectivity index is 1.84. The molecule has 0 radical (unpaired) electrons. The van der Waals surface area contributed by atoms with E-state index in [0.717, 1.165) is 0 Å². The van der Waals surface area contributed by atoms with Crippen LogP contribution in [0, 0.1) is 0 Å². The number of nitrogens with one attached hydrogen (secondary N) is 1. The molecule has 2 aromatic carbocycles. The largest absolute Gasteiger partial charge is 0.490 e. The fraction of sp³-hybridized carbons (Fsp3) is 0.250. The van der Waals surface area contributed by atoms with Crippen LogP contribution in [0.25, 0.3) is 0 Å². The molecule has 3 N–H and O–H groups in total. The van der Waals surface area contributed by atoms with Crippen LogP contribution in [0.3, 0.4) is 0 Å². The van der Waals surface area contributed by atoms with Gasteiger partial charge in [-0.3, -0.25) is 9.59 Å². The summed E-state index contributed by atoms with van der Waals surface area (Å²) in [5.74, 6) is -0.852. The van der Waals surface area contributed by atoms with Gasteiger partial charge in [0.25, 0.3) is 5.91 Å². The number of esters is 1. The molecule has 0 heterocycles. The Morgan fingerprint density at radius 3 is 2.18 bits per heavy atom. The van der Waals surface area contributed by atoms with Crippen LogP contribution in [0.4, 0.5) is 5.69 Å². The molecule has 0 fully saturated rings. The number of hydrogen-bond donors (Lipinski definition) is 2. The van der Waals surface area contributed by atoms with Crippen molar-refractivity contribution in [3.63, 3.8) is 0 Å². The Kier molecular flexibility index (Phi) is 7.38. The third-order valence-corrected chi connectivity index (χ3v) is 3.61. The van der Waals surface area contributed by atoms with Gasteiger partial charge >= 0.3 is 5.97 Å². The van der Waals surface area contributed by atoms with Crippen LogP contribution in [-0.2, 0) is 14.3 Å². The van der Waals surface area contributed by atoms with Crippen LogP contribution < -0.4 is 20.5 Å². The molecule has 0 unspecified atom stereocenters. The first kappa shape index (κ1) is 20.8. The van der Waals surface area contributed by atoms with E-state index in [2.05, 4.69) is 5.32 Å². The van der Waals surface area contributed by atoms with Crippen molar-refractivity contribution in [2.45, 2.75) is 20.0 Å². The molecule has 0 aliphatic rings. The molecule has 1 atom stereocenters. The maximum absolute atomic E-state index is 12.1. The molecule has 2 rings (SSSR count). The summed E-state index contributed by atoms with van der Waals surface area (Å²) in [5, 5.41) is 2.58. The van der Waals surface area contributed by atoms with E-state index in [1.165, 1.54) is 31.2 Å². The fourth-order valence-corrected chi connectivity index (χ4v) is 2.23. The number of amides is 2. The maximum atomic E-state index is 12.1. The minimum absolute atomic E-state index is 0.321. The molecule has 0 aliphatic heterocycles.